The van der Waals surface area contributed by atoms with Crippen LogP contribution in [0.3, 0.4) is 0 Å². The number of esters is 1. The van der Waals surface area contributed by atoms with Crippen LogP contribution in [0.4, 0.5) is 0 Å². The Hall–Kier alpha value is -2.19. The first kappa shape index (κ1) is 39.1. The van der Waals surface area contributed by atoms with Crippen LogP contribution < -0.4 is 5.56 Å². The van der Waals surface area contributed by atoms with Gasteiger partial charge in [-0.2, -0.15) is 5.26 Å². The number of aliphatic hydroxyl groups is 1. The molecule has 2 N–H and O–H groups in total. The largest absolute Gasteiger partial charge is 0.461 e. The molecule has 7 rings (SSSR count). The van der Waals surface area contributed by atoms with Crippen LogP contribution in [-0.2, 0) is 14.3 Å². The molecule has 4 aliphatic carbocycles. The lowest BCUT2D eigenvalue weighted by atomic mass is 9.35. The van der Waals surface area contributed by atoms with Gasteiger partial charge in [0.25, 0.3) is 5.56 Å². The van der Waals surface area contributed by atoms with E-state index in [9.17, 15) is 20.0 Å². The van der Waals surface area contributed by atoms with Gasteiger partial charge in [0.05, 0.1) is 28.8 Å². The Labute approximate surface area is 328 Å². The van der Waals surface area contributed by atoms with E-state index in [0.717, 1.165) is 74.0 Å². The number of thioether (sulfide) groups is 1. The number of carbonyl (C=O) groups excluding carboxylic acids is 1. The highest BCUT2D eigenvalue weighted by Crippen LogP contribution is 2.76. The van der Waals surface area contributed by atoms with Gasteiger partial charge in [-0.05, 0) is 137 Å². The number of rotatable bonds is 6. The number of nitrogens with zero attached hydrogens (tertiary/aromatic N) is 2. The molecule has 1 aromatic heterocycles. The summed E-state index contributed by atoms with van der Waals surface area (Å²) in [6, 6.07) is 9.27. The number of halogens is 1. The Morgan fingerprint density at radius 2 is 1.77 bits per heavy atom. The van der Waals surface area contributed by atoms with E-state index in [1.165, 1.54) is 6.42 Å². The Balaban J connectivity index is 1.06. The molecule has 5 aliphatic rings. The predicted molar refractivity (Wildman–Crippen MR) is 211 cm³/mol. The molecule has 0 radical (unpaired) electrons. The van der Waals surface area contributed by atoms with Crippen molar-refractivity contribution >= 4 is 33.7 Å². The average molecular weight is 809 g/mol. The summed E-state index contributed by atoms with van der Waals surface area (Å²) in [7, 11) is 0. The fraction of sp³-hybridized carbons (Fsp3) is 0.721. The van der Waals surface area contributed by atoms with Crippen LogP contribution in [-0.4, -0.2) is 50.2 Å². The highest BCUT2D eigenvalue weighted by Gasteiger charge is 2.72. The quantitative estimate of drug-likeness (QED) is 0.168. The van der Waals surface area contributed by atoms with Crippen LogP contribution in [0.1, 0.15) is 125 Å². The van der Waals surface area contributed by atoms with E-state index in [-0.39, 0.29) is 79.1 Å². The predicted octanol–water partition coefficient (Wildman–Crippen LogP) is 9.47. The highest BCUT2D eigenvalue weighted by molar-refractivity contribution is 9.10. The number of hydrogen-bond acceptors (Lipinski definition) is 8. The number of benzene rings is 1. The number of nitriles is 1. The van der Waals surface area contributed by atoms with Gasteiger partial charge < -0.3 is 19.6 Å². The first-order valence-electron chi connectivity index (χ1n) is 19.8. The molecule has 5 fully saturated rings. The van der Waals surface area contributed by atoms with Crippen LogP contribution in [0.2, 0.25) is 0 Å². The summed E-state index contributed by atoms with van der Waals surface area (Å²) >= 11 is 4.57. The van der Waals surface area contributed by atoms with E-state index in [0.29, 0.717) is 23.3 Å². The van der Waals surface area contributed by atoms with Crippen LogP contribution in [0, 0.1) is 56.7 Å². The number of aromatic nitrogens is 2. The van der Waals surface area contributed by atoms with Crippen molar-refractivity contribution in [2.45, 2.75) is 148 Å². The molecule has 10 atom stereocenters. The van der Waals surface area contributed by atoms with Gasteiger partial charge in [0.1, 0.15) is 17.7 Å². The Morgan fingerprint density at radius 1 is 1.04 bits per heavy atom. The van der Waals surface area contributed by atoms with Crippen LogP contribution in [0.5, 0.6) is 0 Å². The van der Waals surface area contributed by atoms with Gasteiger partial charge in [-0.3, -0.25) is 9.59 Å². The lowest BCUT2D eigenvalue weighted by Gasteiger charge is -2.70. The maximum absolute atomic E-state index is 13.5. The zero-order valence-corrected chi connectivity index (χ0v) is 35.2. The van der Waals surface area contributed by atoms with Gasteiger partial charge >= 0.3 is 5.97 Å². The lowest BCUT2D eigenvalue weighted by Crippen LogP contribution is -2.67. The maximum Gasteiger partial charge on any atom is 0.316 e. The lowest BCUT2D eigenvalue weighted by molar-refractivity contribution is -0.258. The molecule has 0 spiro atoms. The first-order chi connectivity index (χ1) is 24.8. The molecule has 1 aliphatic heterocycles. The van der Waals surface area contributed by atoms with Crippen molar-refractivity contribution in [3.63, 3.8) is 0 Å². The second-order valence-electron chi connectivity index (χ2n) is 19.3. The molecule has 1 unspecified atom stereocenters. The summed E-state index contributed by atoms with van der Waals surface area (Å²) in [6.45, 7) is 18.9. The molecule has 2 heterocycles. The van der Waals surface area contributed by atoms with E-state index in [2.05, 4.69) is 81.3 Å². The topological polar surface area (TPSA) is 125 Å². The van der Waals surface area contributed by atoms with Gasteiger partial charge in [0.2, 0.25) is 0 Å². The fourth-order valence-electron chi connectivity index (χ4n) is 13.3. The Kier molecular flexibility index (Phi) is 9.94. The third kappa shape index (κ3) is 6.36. The molecule has 288 valence electrons. The molecule has 53 heavy (non-hydrogen) atoms. The molecule has 4 saturated carbocycles. The molecule has 8 nitrogen and oxygen atoms in total. The van der Waals surface area contributed by atoms with Crippen molar-refractivity contribution < 1.29 is 19.4 Å². The second-order valence-corrected chi connectivity index (χ2v) is 21.2. The maximum atomic E-state index is 13.5. The minimum absolute atomic E-state index is 0.00507. The highest BCUT2D eigenvalue weighted by atomic mass is 79.9. The molecular formula is C43H58BrN3O5S. The number of H-pyrrole nitrogens is 1. The molecule has 1 saturated heterocycles. The summed E-state index contributed by atoms with van der Waals surface area (Å²) in [5.74, 6) is 0.979. The first-order valence-corrected chi connectivity index (χ1v) is 21.6. The van der Waals surface area contributed by atoms with E-state index in [1.54, 1.807) is 6.07 Å². The standard InChI is InChI=1S/C43H58BrN3O5S/c1-38(2)16-10-17-43(8,52-38)28-13-19-42(7)34(28)29(48)22-31-40(5)18-15-32(39(3,4)30(40)14-20-41(31,42)6)51-33(49)24-53-37-46-35(27(23-45)36(50)47-37)25-11-9-12-26(44)21-25/h9,11-12,21,28-32,34,48H,10,13-20,22,24H2,1-8H3,(H,46,47,50)/t28-,29-,30+,31?,32+,34+,40+,41-,42-,43-/m1/s1. The summed E-state index contributed by atoms with van der Waals surface area (Å²) in [5.41, 5.74) is -0.103. The number of aromatic amines is 1. The monoisotopic (exact) mass is 807 g/mol. The normalized spacial score (nSPS) is 39.9. The molecule has 1 aromatic carbocycles. The molecule has 0 amide bonds. The zero-order chi connectivity index (χ0) is 38.4. The molecule has 0 bridgehead atoms. The van der Waals surface area contributed by atoms with Gasteiger partial charge in [-0.1, -0.05) is 74.4 Å². The third-order valence-electron chi connectivity index (χ3n) is 15.8. The van der Waals surface area contributed by atoms with Crippen LogP contribution >= 0.6 is 27.7 Å². The Morgan fingerprint density at radius 3 is 2.47 bits per heavy atom. The van der Waals surface area contributed by atoms with E-state index in [1.807, 2.05) is 24.3 Å². The minimum atomic E-state index is -0.535. The number of nitrogens with one attached hydrogen (secondary N) is 1. The molecule has 2 aromatic rings. The Bertz CT molecular complexity index is 1870. The van der Waals surface area contributed by atoms with Gasteiger partial charge in [-0.25, -0.2) is 4.98 Å². The summed E-state index contributed by atoms with van der Waals surface area (Å²) < 4.78 is 14.0. The number of aliphatic hydroxyl groups excluding tert-OH is 1. The van der Waals surface area contributed by atoms with Crippen molar-refractivity contribution in [2.75, 3.05) is 5.75 Å². The summed E-state index contributed by atoms with van der Waals surface area (Å²) in [6.07, 6.45) is 9.77. The fourth-order valence-corrected chi connectivity index (χ4v) is 14.3. The summed E-state index contributed by atoms with van der Waals surface area (Å²) in [4.78, 5) is 33.6. The van der Waals surface area contributed by atoms with E-state index in [4.69, 9.17) is 9.47 Å². The number of ether oxygens (including phenoxy) is 2. The van der Waals surface area contributed by atoms with Crippen molar-refractivity contribution in [2.24, 2.45) is 45.3 Å². The molecule has 10 heteroatoms. The van der Waals surface area contributed by atoms with Crippen LogP contribution in [0.15, 0.2) is 38.7 Å². The smallest absolute Gasteiger partial charge is 0.316 e. The van der Waals surface area contributed by atoms with Crippen molar-refractivity contribution in [1.29, 1.82) is 5.26 Å². The van der Waals surface area contributed by atoms with Crippen molar-refractivity contribution in [3.8, 4) is 17.3 Å². The minimum Gasteiger partial charge on any atom is -0.461 e. The van der Waals surface area contributed by atoms with Crippen molar-refractivity contribution in [3.05, 3.63) is 44.7 Å². The van der Waals surface area contributed by atoms with Gasteiger partial charge in [0.15, 0.2) is 5.16 Å². The van der Waals surface area contributed by atoms with Crippen LogP contribution in [0.25, 0.3) is 11.3 Å². The second kappa shape index (κ2) is 13.5. The number of fused-ring (bicyclic) bond motifs is 5. The van der Waals surface area contributed by atoms with E-state index < -0.39 is 5.56 Å². The van der Waals surface area contributed by atoms with Crippen molar-refractivity contribution in [1.82, 2.24) is 9.97 Å². The van der Waals surface area contributed by atoms with Gasteiger partial charge in [-0.15, -0.1) is 0 Å². The SMILES string of the molecule is CC1(C)CCC[C@](C)([C@@H]2CC[C@]3(C)[C@@H]2[C@H](O)CC2[C@@]4(C)CC[C@H](OC(=O)CSc5nc(-c6cccc(Br)c6)c(C#N)c(=O)[nH]5)C(C)(C)[C@@H]4CC[C@]23C)O1. The van der Waals surface area contributed by atoms with Gasteiger partial charge in [0, 0.05) is 15.5 Å². The molecular weight excluding hydrogens is 750 g/mol. The number of hydrogen-bond donors (Lipinski definition) is 2. The summed E-state index contributed by atoms with van der Waals surface area (Å²) in [5, 5.41) is 22.2. The third-order valence-corrected chi connectivity index (χ3v) is 17.1. The van der Waals surface area contributed by atoms with E-state index >= 15 is 0 Å². The average Bonchev–Trinajstić information content (AvgIpc) is 3.46. The number of carbonyl (C=O) groups is 1. The zero-order valence-electron chi connectivity index (χ0n) is 32.8.